The second-order valence-corrected chi connectivity index (χ2v) is 3.41. The predicted molar refractivity (Wildman–Crippen MR) is 62.7 cm³/mol. The van der Waals surface area contributed by atoms with Crippen LogP contribution in [0.4, 0.5) is 0 Å². The SMILES string of the molecule is O=C(O)c1ccc(C(=O)OOCCOCCO)cc1. The van der Waals surface area contributed by atoms with Gasteiger partial charge in [-0.15, -0.1) is 0 Å². The summed E-state index contributed by atoms with van der Waals surface area (Å²) in [7, 11) is 0. The van der Waals surface area contributed by atoms with Crippen molar-refractivity contribution in [3.63, 3.8) is 0 Å². The van der Waals surface area contributed by atoms with Crippen molar-refractivity contribution in [2.24, 2.45) is 0 Å². The topological polar surface area (TPSA) is 102 Å². The lowest BCUT2D eigenvalue weighted by molar-refractivity contribution is -0.247. The summed E-state index contributed by atoms with van der Waals surface area (Å²) in [5, 5.41) is 17.1. The number of ether oxygens (including phenoxy) is 1. The number of aliphatic hydroxyl groups excluding tert-OH is 1. The van der Waals surface area contributed by atoms with E-state index in [-0.39, 0.29) is 37.6 Å². The number of carboxylic acid groups (broad SMARTS) is 1. The fourth-order valence-corrected chi connectivity index (χ4v) is 1.15. The molecule has 1 rings (SSSR count). The van der Waals surface area contributed by atoms with E-state index in [2.05, 4.69) is 9.78 Å². The van der Waals surface area contributed by atoms with Gasteiger partial charge in [0, 0.05) is 0 Å². The van der Waals surface area contributed by atoms with Gasteiger partial charge in [-0.1, -0.05) is 0 Å². The van der Waals surface area contributed by atoms with Gasteiger partial charge in [0.15, 0.2) is 0 Å². The van der Waals surface area contributed by atoms with Gasteiger partial charge < -0.3 is 14.9 Å². The van der Waals surface area contributed by atoms with Crippen molar-refractivity contribution in [3.8, 4) is 0 Å². The smallest absolute Gasteiger partial charge is 0.373 e. The molecule has 7 nitrogen and oxygen atoms in total. The van der Waals surface area contributed by atoms with Crippen LogP contribution in [0.2, 0.25) is 0 Å². The second kappa shape index (κ2) is 8.20. The molecule has 0 aliphatic carbocycles. The third kappa shape index (κ3) is 5.47. The minimum Gasteiger partial charge on any atom is -0.478 e. The van der Waals surface area contributed by atoms with Crippen molar-refractivity contribution in [1.82, 2.24) is 0 Å². The molecule has 19 heavy (non-hydrogen) atoms. The zero-order valence-electron chi connectivity index (χ0n) is 10.1. The molecule has 0 aliphatic rings. The van der Waals surface area contributed by atoms with Crippen molar-refractivity contribution in [2.45, 2.75) is 0 Å². The lowest BCUT2D eigenvalue weighted by Crippen LogP contribution is -2.11. The van der Waals surface area contributed by atoms with Crippen molar-refractivity contribution < 1.29 is 34.3 Å². The first kappa shape index (κ1) is 15.1. The molecule has 0 unspecified atom stereocenters. The molecule has 7 heteroatoms. The standard InChI is InChI=1S/C12H14O7/c13-5-6-17-7-8-18-19-12(16)10-3-1-9(2-4-10)11(14)15/h1-4,13H,5-8H2,(H,14,15). The monoisotopic (exact) mass is 270 g/mol. The van der Waals surface area contributed by atoms with Crippen molar-refractivity contribution in [1.29, 1.82) is 0 Å². The summed E-state index contributed by atoms with van der Waals surface area (Å²) >= 11 is 0. The predicted octanol–water partition coefficient (Wildman–Crippen LogP) is 0.482. The van der Waals surface area contributed by atoms with Crippen LogP contribution < -0.4 is 0 Å². The normalized spacial score (nSPS) is 10.2. The Kier molecular flexibility index (Phi) is 6.51. The molecule has 2 N–H and O–H groups in total. The number of hydrogen-bond donors (Lipinski definition) is 2. The maximum Gasteiger partial charge on any atom is 0.373 e. The van der Waals surface area contributed by atoms with Crippen LogP contribution in [0.1, 0.15) is 20.7 Å². The summed E-state index contributed by atoms with van der Waals surface area (Å²) in [6.07, 6.45) is 0. The summed E-state index contributed by atoms with van der Waals surface area (Å²) in [5.41, 5.74) is 0.260. The second-order valence-electron chi connectivity index (χ2n) is 3.41. The molecule has 0 heterocycles. The van der Waals surface area contributed by atoms with E-state index in [0.29, 0.717) is 0 Å². The van der Waals surface area contributed by atoms with E-state index in [4.69, 9.17) is 14.9 Å². The fraction of sp³-hybridized carbons (Fsp3) is 0.333. The minimum absolute atomic E-state index is 0.0406. The first-order valence-electron chi connectivity index (χ1n) is 5.51. The molecule has 0 bridgehead atoms. The van der Waals surface area contributed by atoms with Crippen LogP contribution in [0.15, 0.2) is 24.3 Å². The van der Waals surface area contributed by atoms with Crippen molar-refractivity contribution in [3.05, 3.63) is 35.4 Å². The van der Waals surface area contributed by atoms with Crippen molar-refractivity contribution in [2.75, 3.05) is 26.4 Å². The summed E-state index contributed by atoms with van der Waals surface area (Å²) in [4.78, 5) is 31.1. The zero-order valence-corrected chi connectivity index (χ0v) is 10.1. The third-order valence-electron chi connectivity index (χ3n) is 2.05. The molecular weight excluding hydrogens is 256 g/mol. The molecule has 0 fully saturated rings. The summed E-state index contributed by atoms with van der Waals surface area (Å²) in [6, 6.07) is 5.25. The van der Waals surface area contributed by atoms with E-state index in [9.17, 15) is 9.59 Å². The molecule has 0 saturated carbocycles. The highest BCUT2D eigenvalue weighted by molar-refractivity contribution is 5.92. The van der Waals surface area contributed by atoms with Crippen LogP contribution in [-0.4, -0.2) is 48.6 Å². The molecule has 104 valence electrons. The highest BCUT2D eigenvalue weighted by Gasteiger charge is 2.09. The first-order chi connectivity index (χ1) is 9.15. The van der Waals surface area contributed by atoms with Gasteiger partial charge >= 0.3 is 11.9 Å². The minimum atomic E-state index is -1.07. The molecule has 1 aromatic carbocycles. The maximum atomic E-state index is 11.4. The first-order valence-corrected chi connectivity index (χ1v) is 5.51. The zero-order chi connectivity index (χ0) is 14.1. The Bertz CT molecular complexity index is 413. The fourth-order valence-electron chi connectivity index (χ4n) is 1.15. The number of aromatic carboxylic acids is 1. The highest BCUT2D eigenvalue weighted by atomic mass is 17.2. The van der Waals surface area contributed by atoms with E-state index >= 15 is 0 Å². The van der Waals surface area contributed by atoms with Gasteiger partial charge in [-0.2, -0.15) is 4.89 Å². The summed E-state index contributed by atoms with van der Waals surface area (Å²) in [5.74, 6) is -1.80. The van der Waals surface area contributed by atoms with Crippen LogP contribution in [0.5, 0.6) is 0 Å². The average Bonchev–Trinajstić information content (AvgIpc) is 2.42. The summed E-state index contributed by atoms with van der Waals surface area (Å²) in [6.45, 7) is 0.328. The number of benzene rings is 1. The Morgan fingerprint density at radius 3 is 2.21 bits per heavy atom. The Morgan fingerprint density at radius 1 is 1.00 bits per heavy atom. The number of rotatable bonds is 8. The van der Waals surface area contributed by atoms with Gasteiger partial charge in [-0.3, -0.25) is 4.89 Å². The largest absolute Gasteiger partial charge is 0.478 e. The molecule has 0 spiro atoms. The molecule has 0 radical (unpaired) electrons. The van der Waals surface area contributed by atoms with Crippen LogP contribution >= 0.6 is 0 Å². The van der Waals surface area contributed by atoms with E-state index in [1.165, 1.54) is 24.3 Å². The van der Waals surface area contributed by atoms with Crippen LogP contribution in [0.25, 0.3) is 0 Å². The van der Waals surface area contributed by atoms with Crippen molar-refractivity contribution >= 4 is 11.9 Å². The average molecular weight is 270 g/mol. The van der Waals surface area contributed by atoms with Gasteiger partial charge in [0.2, 0.25) is 0 Å². The van der Waals surface area contributed by atoms with Gasteiger partial charge in [0.25, 0.3) is 0 Å². The number of aliphatic hydroxyl groups is 1. The number of hydrogen-bond acceptors (Lipinski definition) is 6. The van der Waals surface area contributed by atoms with Crippen LogP contribution in [0.3, 0.4) is 0 Å². The van der Waals surface area contributed by atoms with E-state index in [0.717, 1.165) is 0 Å². The van der Waals surface area contributed by atoms with Gasteiger partial charge in [-0.05, 0) is 24.3 Å². The summed E-state index contributed by atoms with van der Waals surface area (Å²) < 4.78 is 4.88. The number of carboxylic acids is 1. The quantitative estimate of drug-likeness (QED) is 0.402. The molecule has 1 aromatic rings. The van der Waals surface area contributed by atoms with E-state index < -0.39 is 11.9 Å². The van der Waals surface area contributed by atoms with Crippen LogP contribution in [0, 0.1) is 0 Å². The van der Waals surface area contributed by atoms with E-state index in [1.807, 2.05) is 0 Å². The Hall–Kier alpha value is -1.96. The van der Waals surface area contributed by atoms with Gasteiger partial charge in [0.1, 0.15) is 6.61 Å². The van der Waals surface area contributed by atoms with E-state index in [1.54, 1.807) is 0 Å². The van der Waals surface area contributed by atoms with Gasteiger partial charge in [-0.25, -0.2) is 9.59 Å². The molecular formula is C12H14O7. The molecule has 0 atom stereocenters. The Labute approximate surface area is 109 Å². The molecule has 0 aliphatic heterocycles. The third-order valence-corrected chi connectivity index (χ3v) is 2.05. The number of carbonyl (C=O) groups is 2. The lowest BCUT2D eigenvalue weighted by Gasteiger charge is -2.04. The highest BCUT2D eigenvalue weighted by Crippen LogP contribution is 2.06. The maximum absolute atomic E-state index is 11.4. The molecule has 0 aromatic heterocycles. The number of carbonyl (C=O) groups excluding carboxylic acids is 1. The Morgan fingerprint density at radius 2 is 1.63 bits per heavy atom. The lowest BCUT2D eigenvalue weighted by atomic mass is 10.1. The van der Waals surface area contributed by atoms with Crippen LogP contribution in [-0.2, 0) is 14.5 Å². The molecule has 0 saturated heterocycles. The molecule has 0 amide bonds. The Balaban J connectivity index is 2.31. The van der Waals surface area contributed by atoms with Gasteiger partial charge in [0.05, 0.1) is 30.9 Å².